The van der Waals surface area contributed by atoms with Crippen molar-refractivity contribution in [2.24, 2.45) is 0 Å². The number of aromatic nitrogens is 1. The van der Waals surface area contributed by atoms with Crippen molar-refractivity contribution in [3.05, 3.63) is 242 Å². The normalized spacial score (nSPS) is 12.8. The zero-order valence-corrected chi connectivity index (χ0v) is 36.7. The number of para-hydroxylation sites is 4. The summed E-state index contributed by atoms with van der Waals surface area (Å²) in [6.07, 6.45) is 0. The summed E-state index contributed by atoms with van der Waals surface area (Å²) < 4.78 is 9.34. The van der Waals surface area contributed by atoms with Gasteiger partial charge in [0.2, 0.25) is 0 Å². The lowest BCUT2D eigenvalue weighted by atomic mass is 9.82. The minimum atomic E-state index is -0.114. The molecule has 12 aromatic rings. The molecule has 13 rings (SSSR count). The van der Waals surface area contributed by atoms with Crippen molar-refractivity contribution in [1.82, 2.24) is 4.57 Å². The topological polar surface area (TPSA) is 21.3 Å². The first-order valence-corrected chi connectivity index (χ1v) is 22.8. The lowest BCUT2D eigenvalue weighted by molar-refractivity contribution is 0.660. The van der Waals surface area contributed by atoms with Gasteiger partial charge in [0, 0.05) is 60.8 Å². The Kier molecular flexibility index (Phi) is 8.56. The Bertz CT molecular complexity index is 3760. The molecule has 0 N–H and O–H groups in total. The predicted octanol–water partition coefficient (Wildman–Crippen LogP) is 17.5. The lowest BCUT2D eigenvalue weighted by Gasteiger charge is -2.28. The van der Waals surface area contributed by atoms with E-state index in [9.17, 15) is 0 Å². The van der Waals surface area contributed by atoms with Crippen molar-refractivity contribution in [1.29, 1.82) is 0 Å². The standard InChI is InChI=1S/C63H44N2O/c1-63(2)57-23-9-6-16-51(57)52-39-38-48(40-58(52)63)64(45-32-26-42(27-33-45)41-14-4-3-5-15-41)46-34-28-43(29-35-46)49-19-12-21-55-56-22-13-20-50(62(56)66-61(49)55)44-30-36-47(37-31-44)65-59-24-10-7-17-53(59)54-18-8-11-25-60(54)65/h3-40H,1-2H3. The molecule has 0 unspecified atom stereocenters. The average Bonchev–Trinajstić information content (AvgIpc) is 4.00. The highest BCUT2D eigenvalue weighted by Crippen LogP contribution is 2.51. The second-order valence-electron chi connectivity index (χ2n) is 18.1. The van der Waals surface area contributed by atoms with Crippen LogP contribution in [0.5, 0.6) is 0 Å². The van der Waals surface area contributed by atoms with Crippen LogP contribution in [0.2, 0.25) is 0 Å². The Morgan fingerprint density at radius 2 is 0.803 bits per heavy atom. The molecular weight excluding hydrogens is 801 g/mol. The predicted molar refractivity (Wildman–Crippen MR) is 277 cm³/mol. The van der Waals surface area contributed by atoms with Crippen molar-refractivity contribution in [3.8, 4) is 50.2 Å². The van der Waals surface area contributed by atoms with Gasteiger partial charge in [-0.1, -0.05) is 184 Å². The summed E-state index contributed by atoms with van der Waals surface area (Å²) in [6, 6.07) is 83.6. The quantitative estimate of drug-likeness (QED) is 0.159. The maximum absolute atomic E-state index is 6.98. The number of benzene rings is 10. The maximum atomic E-state index is 6.98. The molecule has 1 aliphatic rings. The van der Waals surface area contributed by atoms with Crippen molar-refractivity contribution < 1.29 is 4.42 Å². The zero-order chi connectivity index (χ0) is 43.9. The van der Waals surface area contributed by atoms with E-state index in [0.29, 0.717) is 0 Å². The minimum absolute atomic E-state index is 0.114. The third-order valence-electron chi connectivity index (χ3n) is 14.0. The Morgan fingerprint density at radius 3 is 1.42 bits per heavy atom. The van der Waals surface area contributed by atoms with Crippen LogP contribution in [-0.2, 0) is 5.41 Å². The average molecular weight is 845 g/mol. The number of nitrogens with zero attached hydrogens (tertiary/aromatic N) is 2. The van der Waals surface area contributed by atoms with Gasteiger partial charge in [-0.05, 0) is 105 Å². The van der Waals surface area contributed by atoms with E-state index >= 15 is 0 Å². The van der Waals surface area contributed by atoms with Crippen molar-refractivity contribution >= 4 is 60.8 Å². The summed E-state index contributed by atoms with van der Waals surface area (Å²) in [7, 11) is 0. The Labute approximate surface area is 384 Å². The fourth-order valence-electron chi connectivity index (χ4n) is 10.8. The molecule has 3 nitrogen and oxygen atoms in total. The molecule has 2 aromatic heterocycles. The van der Waals surface area contributed by atoms with Crippen LogP contribution in [-0.4, -0.2) is 4.57 Å². The summed E-state index contributed by atoms with van der Waals surface area (Å²) in [5, 5.41) is 4.74. The summed E-state index contributed by atoms with van der Waals surface area (Å²) in [5.41, 5.74) is 20.7. The molecule has 0 atom stereocenters. The number of hydrogen-bond acceptors (Lipinski definition) is 2. The van der Waals surface area contributed by atoms with Crippen LogP contribution < -0.4 is 4.90 Å². The van der Waals surface area contributed by atoms with Crippen LogP contribution in [0.3, 0.4) is 0 Å². The van der Waals surface area contributed by atoms with Gasteiger partial charge in [0.25, 0.3) is 0 Å². The fourth-order valence-corrected chi connectivity index (χ4v) is 10.8. The molecule has 0 bridgehead atoms. The van der Waals surface area contributed by atoms with E-state index in [1.807, 2.05) is 0 Å². The number of hydrogen-bond donors (Lipinski definition) is 0. The second kappa shape index (κ2) is 14.8. The molecule has 3 heteroatoms. The Balaban J connectivity index is 0.878. The van der Waals surface area contributed by atoms with Crippen LogP contribution in [0.4, 0.5) is 17.1 Å². The largest absolute Gasteiger partial charge is 0.455 e. The first kappa shape index (κ1) is 38.1. The molecular formula is C63H44N2O. The summed E-state index contributed by atoms with van der Waals surface area (Å²) in [6.45, 7) is 4.70. The third kappa shape index (κ3) is 5.90. The van der Waals surface area contributed by atoms with Gasteiger partial charge in [0.1, 0.15) is 11.2 Å². The van der Waals surface area contributed by atoms with E-state index in [1.54, 1.807) is 0 Å². The Hall–Kier alpha value is -8.40. The first-order chi connectivity index (χ1) is 32.5. The van der Waals surface area contributed by atoms with E-state index < -0.39 is 0 Å². The first-order valence-electron chi connectivity index (χ1n) is 22.8. The summed E-state index contributed by atoms with van der Waals surface area (Å²) in [5.74, 6) is 0. The highest BCUT2D eigenvalue weighted by Gasteiger charge is 2.35. The van der Waals surface area contributed by atoms with E-state index in [4.69, 9.17) is 4.42 Å². The van der Waals surface area contributed by atoms with Crippen LogP contribution in [0.25, 0.3) is 93.9 Å². The molecule has 0 spiro atoms. The van der Waals surface area contributed by atoms with Crippen LogP contribution in [0, 0.1) is 0 Å². The van der Waals surface area contributed by atoms with E-state index in [2.05, 4.69) is 254 Å². The van der Waals surface area contributed by atoms with Gasteiger partial charge in [-0.25, -0.2) is 0 Å². The zero-order valence-electron chi connectivity index (χ0n) is 36.7. The third-order valence-corrected chi connectivity index (χ3v) is 14.0. The van der Waals surface area contributed by atoms with Gasteiger partial charge in [-0.15, -0.1) is 0 Å². The van der Waals surface area contributed by atoms with Gasteiger partial charge in [0.05, 0.1) is 11.0 Å². The fraction of sp³-hybridized carbons (Fsp3) is 0.0476. The summed E-state index contributed by atoms with van der Waals surface area (Å²) >= 11 is 0. The van der Waals surface area contributed by atoms with Crippen molar-refractivity contribution in [3.63, 3.8) is 0 Å². The number of fused-ring (bicyclic) bond motifs is 9. The van der Waals surface area contributed by atoms with E-state index in [-0.39, 0.29) is 5.41 Å². The van der Waals surface area contributed by atoms with Gasteiger partial charge in [-0.2, -0.15) is 0 Å². The molecule has 312 valence electrons. The smallest absolute Gasteiger partial charge is 0.143 e. The molecule has 0 radical (unpaired) electrons. The van der Waals surface area contributed by atoms with Gasteiger partial charge in [0.15, 0.2) is 0 Å². The van der Waals surface area contributed by atoms with Gasteiger partial charge in [-0.3, -0.25) is 0 Å². The number of furan rings is 1. The molecule has 10 aromatic carbocycles. The lowest BCUT2D eigenvalue weighted by Crippen LogP contribution is -2.16. The molecule has 0 saturated carbocycles. The second-order valence-corrected chi connectivity index (χ2v) is 18.1. The van der Waals surface area contributed by atoms with Crippen molar-refractivity contribution in [2.45, 2.75) is 19.3 Å². The molecule has 0 saturated heterocycles. The Morgan fingerprint density at radius 1 is 0.348 bits per heavy atom. The van der Waals surface area contributed by atoms with Crippen LogP contribution in [0.15, 0.2) is 235 Å². The van der Waals surface area contributed by atoms with Gasteiger partial charge < -0.3 is 13.9 Å². The SMILES string of the molecule is CC1(C)c2ccccc2-c2ccc(N(c3ccc(-c4ccccc4)cc3)c3ccc(-c4cccc5c4oc4c(-c6ccc(-n7c8ccccc8c8ccccc87)cc6)cccc45)cc3)cc21. The minimum Gasteiger partial charge on any atom is -0.455 e. The van der Waals surface area contributed by atoms with Crippen LogP contribution in [0.1, 0.15) is 25.0 Å². The number of rotatable bonds is 7. The molecule has 2 heterocycles. The highest BCUT2D eigenvalue weighted by atomic mass is 16.3. The maximum Gasteiger partial charge on any atom is 0.143 e. The molecule has 0 amide bonds. The van der Waals surface area contributed by atoms with E-state index in [0.717, 1.165) is 66.9 Å². The monoisotopic (exact) mass is 844 g/mol. The van der Waals surface area contributed by atoms with Gasteiger partial charge >= 0.3 is 0 Å². The van der Waals surface area contributed by atoms with Crippen LogP contribution >= 0.6 is 0 Å². The highest BCUT2D eigenvalue weighted by molar-refractivity contribution is 6.13. The molecule has 0 fully saturated rings. The van der Waals surface area contributed by atoms with E-state index in [1.165, 1.54) is 55.2 Å². The molecule has 66 heavy (non-hydrogen) atoms. The van der Waals surface area contributed by atoms with Crippen molar-refractivity contribution in [2.75, 3.05) is 4.90 Å². The molecule has 1 aliphatic carbocycles. The summed E-state index contributed by atoms with van der Waals surface area (Å²) in [4.78, 5) is 2.39. The molecule has 0 aliphatic heterocycles. The number of anilines is 3.